The molecule has 0 aliphatic heterocycles. The van der Waals surface area contributed by atoms with Gasteiger partial charge in [-0.15, -0.1) is 0 Å². The summed E-state index contributed by atoms with van der Waals surface area (Å²) in [5, 5.41) is 9.01. The first-order valence-corrected chi connectivity index (χ1v) is 8.29. The van der Waals surface area contributed by atoms with Crippen LogP contribution < -0.4 is 4.72 Å². The van der Waals surface area contributed by atoms with Crippen molar-refractivity contribution < 1.29 is 17.9 Å². The summed E-state index contributed by atoms with van der Waals surface area (Å²) in [6.07, 6.45) is 0. The van der Waals surface area contributed by atoms with Crippen molar-refractivity contribution in [1.29, 1.82) is 0 Å². The summed E-state index contributed by atoms with van der Waals surface area (Å²) in [5.41, 5.74) is 1.12. The molecule has 0 saturated carbocycles. The number of aliphatic hydroxyl groups is 1. The second kappa shape index (κ2) is 6.13. The predicted molar refractivity (Wildman–Crippen MR) is 82.0 cm³/mol. The standard InChI is InChI=1S/C14H13BrFNO3S/c1-9-6-11(15)2-5-14(9)17-21(19,20)12-3-4-13(16)10(7-12)8-18/h2-7,17-18H,8H2,1H3. The summed E-state index contributed by atoms with van der Waals surface area (Å²) >= 11 is 3.30. The lowest BCUT2D eigenvalue weighted by Crippen LogP contribution is -2.14. The quantitative estimate of drug-likeness (QED) is 0.864. The van der Waals surface area contributed by atoms with E-state index < -0.39 is 22.4 Å². The van der Waals surface area contributed by atoms with Crippen LogP contribution in [0.2, 0.25) is 0 Å². The fraction of sp³-hybridized carbons (Fsp3) is 0.143. The molecule has 0 aromatic heterocycles. The minimum Gasteiger partial charge on any atom is -0.392 e. The van der Waals surface area contributed by atoms with Crippen molar-refractivity contribution in [2.75, 3.05) is 4.72 Å². The van der Waals surface area contributed by atoms with Crippen LogP contribution in [0.5, 0.6) is 0 Å². The van der Waals surface area contributed by atoms with Crippen LogP contribution in [0.1, 0.15) is 11.1 Å². The first-order chi connectivity index (χ1) is 9.83. The number of aliphatic hydroxyl groups excluding tert-OH is 1. The van der Waals surface area contributed by atoms with Crippen molar-refractivity contribution in [3.8, 4) is 0 Å². The number of nitrogens with one attached hydrogen (secondary N) is 1. The second-order valence-corrected chi connectivity index (χ2v) is 7.07. The Bertz CT molecular complexity index is 778. The van der Waals surface area contributed by atoms with Crippen LogP contribution in [0.4, 0.5) is 10.1 Å². The third-order valence-electron chi connectivity index (χ3n) is 2.93. The zero-order chi connectivity index (χ0) is 15.6. The minimum atomic E-state index is -3.84. The number of hydrogen-bond acceptors (Lipinski definition) is 3. The average molecular weight is 374 g/mol. The summed E-state index contributed by atoms with van der Waals surface area (Å²) in [4.78, 5) is -0.102. The van der Waals surface area contributed by atoms with Crippen LogP contribution >= 0.6 is 15.9 Å². The Morgan fingerprint density at radius 3 is 2.57 bits per heavy atom. The first kappa shape index (κ1) is 15.9. The molecule has 21 heavy (non-hydrogen) atoms. The molecule has 0 amide bonds. The number of benzene rings is 2. The van der Waals surface area contributed by atoms with Crippen LogP contribution in [-0.4, -0.2) is 13.5 Å². The van der Waals surface area contributed by atoms with Crippen LogP contribution in [0.15, 0.2) is 45.8 Å². The molecule has 2 N–H and O–H groups in total. The second-order valence-electron chi connectivity index (χ2n) is 4.48. The number of hydrogen-bond donors (Lipinski definition) is 2. The molecule has 0 spiro atoms. The molecule has 7 heteroatoms. The fourth-order valence-corrected chi connectivity index (χ4v) is 3.44. The highest BCUT2D eigenvalue weighted by Crippen LogP contribution is 2.24. The van der Waals surface area contributed by atoms with E-state index in [1.54, 1.807) is 25.1 Å². The Kier molecular flexibility index (Phi) is 4.65. The number of sulfonamides is 1. The molecular formula is C14H13BrFNO3S. The number of anilines is 1. The van der Waals surface area contributed by atoms with Gasteiger partial charge in [0.05, 0.1) is 17.2 Å². The molecule has 0 bridgehead atoms. The molecule has 0 heterocycles. The van der Waals surface area contributed by atoms with E-state index in [1.165, 1.54) is 0 Å². The summed E-state index contributed by atoms with van der Waals surface area (Å²) in [6, 6.07) is 8.43. The van der Waals surface area contributed by atoms with Crippen molar-refractivity contribution in [1.82, 2.24) is 0 Å². The Morgan fingerprint density at radius 1 is 1.24 bits per heavy atom. The summed E-state index contributed by atoms with van der Waals surface area (Å²) in [5.74, 6) is -0.642. The third-order valence-corrected chi connectivity index (χ3v) is 4.79. The molecule has 4 nitrogen and oxygen atoms in total. The molecule has 0 unspecified atom stereocenters. The Hall–Kier alpha value is -1.44. The molecular weight excluding hydrogens is 361 g/mol. The number of halogens is 2. The van der Waals surface area contributed by atoms with Gasteiger partial charge in [0, 0.05) is 10.0 Å². The summed E-state index contributed by atoms with van der Waals surface area (Å²) in [6.45, 7) is 1.21. The SMILES string of the molecule is Cc1cc(Br)ccc1NS(=O)(=O)c1ccc(F)c(CO)c1. The topological polar surface area (TPSA) is 66.4 Å². The van der Waals surface area contributed by atoms with Gasteiger partial charge in [0.15, 0.2) is 0 Å². The maximum absolute atomic E-state index is 13.3. The van der Waals surface area contributed by atoms with E-state index in [9.17, 15) is 12.8 Å². The van der Waals surface area contributed by atoms with Gasteiger partial charge in [0.25, 0.3) is 10.0 Å². The van der Waals surface area contributed by atoms with Crippen molar-refractivity contribution in [2.45, 2.75) is 18.4 Å². The molecule has 112 valence electrons. The lowest BCUT2D eigenvalue weighted by Gasteiger charge is -2.11. The van der Waals surface area contributed by atoms with Gasteiger partial charge in [-0.2, -0.15) is 0 Å². The zero-order valence-corrected chi connectivity index (χ0v) is 13.5. The van der Waals surface area contributed by atoms with E-state index in [1.807, 2.05) is 0 Å². The molecule has 0 saturated heterocycles. The van der Waals surface area contributed by atoms with Crippen molar-refractivity contribution in [3.63, 3.8) is 0 Å². The lowest BCUT2D eigenvalue weighted by molar-refractivity contribution is 0.275. The number of rotatable bonds is 4. The zero-order valence-electron chi connectivity index (χ0n) is 11.1. The highest BCUT2D eigenvalue weighted by atomic mass is 79.9. The van der Waals surface area contributed by atoms with Crippen molar-refractivity contribution in [2.24, 2.45) is 0 Å². The van der Waals surface area contributed by atoms with Gasteiger partial charge in [-0.1, -0.05) is 15.9 Å². The van der Waals surface area contributed by atoms with Crippen molar-refractivity contribution in [3.05, 3.63) is 57.8 Å². The smallest absolute Gasteiger partial charge is 0.261 e. The van der Waals surface area contributed by atoms with Crippen LogP contribution in [-0.2, 0) is 16.6 Å². The van der Waals surface area contributed by atoms with Crippen LogP contribution in [0, 0.1) is 12.7 Å². The highest BCUT2D eigenvalue weighted by molar-refractivity contribution is 9.10. The number of aryl methyl sites for hydroxylation is 1. The van der Waals surface area contributed by atoms with Gasteiger partial charge >= 0.3 is 0 Å². The third kappa shape index (κ3) is 3.61. The maximum atomic E-state index is 13.3. The van der Waals surface area contributed by atoms with Gasteiger partial charge in [0.2, 0.25) is 0 Å². The Labute approximate surface area is 130 Å². The van der Waals surface area contributed by atoms with Gasteiger partial charge in [0.1, 0.15) is 5.82 Å². The maximum Gasteiger partial charge on any atom is 0.261 e. The normalized spacial score (nSPS) is 11.4. The molecule has 2 aromatic carbocycles. The van der Waals surface area contributed by atoms with Crippen LogP contribution in [0.25, 0.3) is 0 Å². The highest BCUT2D eigenvalue weighted by Gasteiger charge is 2.17. The summed E-state index contributed by atoms with van der Waals surface area (Å²) in [7, 11) is -3.84. The Morgan fingerprint density at radius 2 is 1.95 bits per heavy atom. The van der Waals surface area contributed by atoms with Gasteiger partial charge in [-0.3, -0.25) is 4.72 Å². The van der Waals surface area contributed by atoms with E-state index in [4.69, 9.17) is 5.11 Å². The summed E-state index contributed by atoms with van der Waals surface area (Å²) < 4.78 is 41.2. The molecule has 0 aliphatic rings. The fourth-order valence-electron chi connectivity index (χ4n) is 1.78. The molecule has 0 atom stereocenters. The first-order valence-electron chi connectivity index (χ1n) is 6.02. The van der Waals surface area contributed by atoms with Crippen LogP contribution in [0.3, 0.4) is 0 Å². The van der Waals surface area contributed by atoms with Gasteiger partial charge in [-0.05, 0) is 48.9 Å². The molecule has 0 radical (unpaired) electrons. The molecule has 0 aliphatic carbocycles. The minimum absolute atomic E-state index is 0.0644. The molecule has 2 aromatic rings. The largest absolute Gasteiger partial charge is 0.392 e. The van der Waals surface area contributed by atoms with Gasteiger partial charge in [-0.25, -0.2) is 12.8 Å². The molecule has 2 rings (SSSR count). The van der Waals surface area contributed by atoms with E-state index in [2.05, 4.69) is 20.7 Å². The van der Waals surface area contributed by atoms with E-state index in [-0.39, 0.29) is 10.5 Å². The van der Waals surface area contributed by atoms with E-state index in [0.717, 1.165) is 28.2 Å². The average Bonchev–Trinajstić information content (AvgIpc) is 2.42. The molecule has 0 fully saturated rings. The monoisotopic (exact) mass is 373 g/mol. The van der Waals surface area contributed by atoms with Crippen molar-refractivity contribution >= 4 is 31.6 Å². The Balaban J connectivity index is 2.38. The van der Waals surface area contributed by atoms with E-state index >= 15 is 0 Å². The van der Waals surface area contributed by atoms with E-state index in [0.29, 0.717) is 5.69 Å². The predicted octanol–water partition coefficient (Wildman–Crippen LogP) is 3.19. The van der Waals surface area contributed by atoms with Gasteiger partial charge < -0.3 is 5.11 Å². The lowest BCUT2D eigenvalue weighted by atomic mass is 10.2.